The van der Waals surface area contributed by atoms with E-state index in [9.17, 15) is 13.2 Å². The second-order valence-electron chi connectivity index (χ2n) is 6.26. The van der Waals surface area contributed by atoms with Crippen LogP contribution >= 0.6 is 0 Å². The molecule has 6 nitrogen and oxygen atoms in total. The Balaban J connectivity index is 2.14. The van der Waals surface area contributed by atoms with Crippen molar-refractivity contribution in [2.75, 3.05) is 11.3 Å². The summed E-state index contributed by atoms with van der Waals surface area (Å²) in [5, 5.41) is 11.6. The van der Waals surface area contributed by atoms with Crippen LogP contribution < -0.4 is 10.0 Å². The molecule has 1 amide bonds. The Kier molecular flexibility index (Phi) is 6.36. The van der Waals surface area contributed by atoms with Crippen LogP contribution in [0.1, 0.15) is 36.2 Å². The molecule has 26 heavy (non-hydrogen) atoms. The van der Waals surface area contributed by atoms with E-state index < -0.39 is 10.0 Å². The molecule has 7 heteroatoms. The van der Waals surface area contributed by atoms with Crippen LogP contribution in [0.5, 0.6) is 0 Å². The summed E-state index contributed by atoms with van der Waals surface area (Å²) < 4.78 is 27.5. The Morgan fingerprint density at radius 1 is 1.15 bits per heavy atom. The van der Waals surface area contributed by atoms with E-state index in [2.05, 4.69) is 23.9 Å². The van der Waals surface area contributed by atoms with Gasteiger partial charge in [-0.2, -0.15) is 5.26 Å². The van der Waals surface area contributed by atoms with E-state index in [1.165, 1.54) is 42.5 Å². The Bertz CT molecular complexity index is 914. The number of hydrogen-bond acceptors (Lipinski definition) is 4. The highest BCUT2D eigenvalue weighted by Gasteiger charge is 2.16. The van der Waals surface area contributed by atoms with E-state index in [0.717, 1.165) is 6.42 Å². The van der Waals surface area contributed by atoms with Crippen LogP contribution in [-0.4, -0.2) is 20.9 Å². The second kappa shape index (κ2) is 8.50. The molecular weight excluding hydrogens is 350 g/mol. The Hall–Kier alpha value is -2.85. The van der Waals surface area contributed by atoms with Crippen molar-refractivity contribution in [1.29, 1.82) is 5.26 Å². The first-order valence-electron chi connectivity index (χ1n) is 8.23. The van der Waals surface area contributed by atoms with Gasteiger partial charge in [0.05, 0.1) is 16.5 Å². The highest BCUT2D eigenvalue weighted by molar-refractivity contribution is 7.92. The third-order valence-corrected chi connectivity index (χ3v) is 5.06. The monoisotopic (exact) mass is 371 g/mol. The zero-order valence-corrected chi connectivity index (χ0v) is 15.5. The maximum absolute atomic E-state index is 12.5. The molecule has 0 spiro atoms. The van der Waals surface area contributed by atoms with Crippen LogP contribution in [-0.2, 0) is 10.0 Å². The summed E-state index contributed by atoms with van der Waals surface area (Å²) in [5.41, 5.74) is 1.07. The second-order valence-corrected chi connectivity index (χ2v) is 7.94. The van der Waals surface area contributed by atoms with E-state index in [4.69, 9.17) is 5.26 Å². The Morgan fingerprint density at radius 2 is 1.85 bits per heavy atom. The third-order valence-electron chi connectivity index (χ3n) is 3.68. The number of rotatable bonds is 7. The van der Waals surface area contributed by atoms with E-state index in [-0.39, 0.29) is 16.4 Å². The fourth-order valence-corrected chi connectivity index (χ4v) is 3.31. The van der Waals surface area contributed by atoms with Crippen molar-refractivity contribution in [2.45, 2.75) is 25.2 Å². The topological polar surface area (TPSA) is 99.1 Å². The Labute approximate surface area is 153 Å². The summed E-state index contributed by atoms with van der Waals surface area (Å²) in [7, 11) is -3.84. The lowest BCUT2D eigenvalue weighted by molar-refractivity contribution is 0.0952. The molecule has 2 aromatic rings. The Morgan fingerprint density at radius 3 is 2.46 bits per heavy atom. The fraction of sp³-hybridized carbons (Fsp3) is 0.263. The van der Waals surface area contributed by atoms with Gasteiger partial charge in [0.25, 0.3) is 15.9 Å². The number of nitrogens with one attached hydrogen (secondary N) is 2. The average Bonchev–Trinajstić information content (AvgIpc) is 2.62. The van der Waals surface area contributed by atoms with Gasteiger partial charge in [-0.05, 0) is 54.8 Å². The van der Waals surface area contributed by atoms with Crippen LogP contribution in [0, 0.1) is 17.2 Å². The lowest BCUT2D eigenvalue weighted by atomic mass is 10.1. The van der Waals surface area contributed by atoms with Crippen molar-refractivity contribution >= 4 is 21.6 Å². The molecule has 0 fully saturated rings. The number of sulfonamides is 1. The maximum atomic E-state index is 12.5. The first kappa shape index (κ1) is 19.5. The van der Waals surface area contributed by atoms with Gasteiger partial charge in [0.2, 0.25) is 0 Å². The molecule has 2 N–H and O–H groups in total. The maximum Gasteiger partial charge on any atom is 0.261 e. The van der Waals surface area contributed by atoms with Gasteiger partial charge >= 0.3 is 0 Å². The number of nitrogens with zero attached hydrogens (tertiary/aromatic N) is 1. The number of carbonyl (C=O) groups excluding carboxylic acids is 1. The number of benzene rings is 2. The molecule has 2 rings (SSSR count). The predicted molar refractivity (Wildman–Crippen MR) is 100 cm³/mol. The SMILES string of the molecule is CC(C)CCNC(=O)c1cccc(S(=O)(=O)Nc2ccc(C#N)cc2)c1. The van der Waals surface area contributed by atoms with Gasteiger partial charge < -0.3 is 5.32 Å². The first-order chi connectivity index (χ1) is 12.3. The van der Waals surface area contributed by atoms with Crippen LogP contribution in [0.4, 0.5) is 5.69 Å². The zero-order chi connectivity index (χ0) is 19.2. The molecule has 0 atom stereocenters. The van der Waals surface area contributed by atoms with Gasteiger partial charge in [-0.3, -0.25) is 9.52 Å². The molecule has 0 heterocycles. The third kappa shape index (κ3) is 5.33. The predicted octanol–water partition coefficient (Wildman–Crippen LogP) is 3.13. The van der Waals surface area contributed by atoms with E-state index >= 15 is 0 Å². The minimum Gasteiger partial charge on any atom is -0.352 e. The van der Waals surface area contributed by atoms with Crippen molar-refractivity contribution in [2.24, 2.45) is 5.92 Å². The first-order valence-corrected chi connectivity index (χ1v) is 9.71. The van der Waals surface area contributed by atoms with Gasteiger partial charge in [-0.25, -0.2) is 8.42 Å². The molecular formula is C19H21N3O3S. The van der Waals surface area contributed by atoms with Crippen LogP contribution in [0.3, 0.4) is 0 Å². The standard InChI is InChI=1S/C19H21N3O3S/c1-14(2)10-11-21-19(23)16-4-3-5-18(12-16)26(24,25)22-17-8-6-15(13-20)7-9-17/h3-9,12,14,22H,10-11H2,1-2H3,(H,21,23). The smallest absolute Gasteiger partial charge is 0.261 e. The van der Waals surface area contributed by atoms with Gasteiger partial charge in [0, 0.05) is 17.8 Å². The van der Waals surface area contributed by atoms with Crippen LogP contribution in [0.25, 0.3) is 0 Å². The molecule has 0 radical (unpaired) electrons. The number of carbonyl (C=O) groups is 1. The summed E-state index contributed by atoms with van der Waals surface area (Å²) in [5.74, 6) is 0.166. The molecule has 2 aromatic carbocycles. The molecule has 0 saturated heterocycles. The van der Waals surface area contributed by atoms with Gasteiger partial charge in [0.15, 0.2) is 0 Å². The molecule has 0 aliphatic carbocycles. The summed E-state index contributed by atoms with van der Waals surface area (Å²) in [4.78, 5) is 12.2. The molecule has 136 valence electrons. The normalized spacial score (nSPS) is 11.0. The van der Waals surface area contributed by atoms with Gasteiger partial charge in [-0.1, -0.05) is 19.9 Å². The zero-order valence-electron chi connectivity index (χ0n) is 14.7. The summed E-state index contributed by atoms with van der Waals surface area (Å²) >= 11 is 0. The molecule has 0 aliphatic rings. The van der Waals surface area contributed by atoms with Crippen molar-refractivity contribution in [1.82, 2.24) is 5.32 Å². The largest absolute Gasteiger partial charge is 0.352 e. The molecule has 0 bridgehead atoms. The van der Waals surface area contributed by atoms with Crippen LogP contribution in [0.15, 0.2) is 53.4 Å². The number of hydrogen-bond donors (Lipinski definition) is 2. The molecule has 0 unspecified atom stereocenters. The van der Waals surface area contributed by atoms with E-state index in [1.807, 2.05) is 6.07 Å². The van der Waals surface area contributed by atoms with Crippen molar-refractivity contribution < 1.29 is 13.2 Å². The lowest BCUT2D eigenvalue weighted by Crippen LogP contribution is -2.25. The van der Waals surface area contributed by atoms with Gasteiger partial charge in [0.1, 0.15) is 0 Å². The van der Waals surface area contributed by atoms with Crippen molar-refractivity contribution in [3.63, 3.8) is 0 Å². The molecule has 0 saturated carbocycles. The minimum atomic E-state index is -3.84. The molecule has 0 aliphatic heterocycles. The van der Waals surface area contributed by atoms with Gasteiger partial charge in [-0.15, -0.1) is 0 Å². The van der Waals surface area contributed by atoms with Crippen molar-refractivity contribution in [3.8, 4) is 6.07 Å². The minimum absolute atomic E-state index is 0.00151. The highest BCUT2D eigenvalue weighted by atomic mass is 32.2. The van der Waals surface area contributed by atoms with E-state index in [1.54, 1.807) is 6.07 Å². The summed E-state index contributed by atoms with van der Waals surface area (Å²) in [6.07, 6.45) is 0.851. The number of nitriles is 1. The number of amides is 1. The average molecular weight is 371 g/mol. The highest BCUT2D eigenvalue weighted by Crippen LogP contribution is 2.17. The fourth-order valence-electron chi connectivity index (χ4n) is 2.21. The lowest BCUT2D eigenvalue weighted by Gasteiger charge is -2.10. The van der Waals surface area contributed by atoms with Crippen LogP contribution in [0.2, 0.25) is 0 Å². The summed E-state index contributed by atoms with van der Waals surface area (Å²) in [6.45, 7) is 4.67. The van der Waals surface area contributed by atoms with Crippen molar-refractivity contribution in [3.05, 3.63) is 59.7 Å². The number of anilines is 1. The summed E-state index contributed by atoms with van der Waals surface area (Å²) in [6, 6.07) is 13.9. The van der Waals surface area contributed by atoms with E-state index in [0.29, 0.717) is 23.7 Å². The quantitative estimate of drug-likeness (QED) is 0.781. The molecule has 0 aromatic heterocycles.